The van der Waals surface area contributed by atoms with E-state index in [0.717, 1.165) is 16.6 Å². The van der Waals surface area contributed by atoms with Crippen LogP contribution in [0.25, 0.3) is 10.9 Å². The standard InChI is InChI=1S/C22H29N3O4/c1-14(2)10-18(20(26)22(28)29)21(27)25-9-8-24(13-15(25)3)17-11-16-6-4-5-7-19(16)23-12-17/h4-7,11-12,14-15,18,20,26H,8-10,13H2,1-3H3,(H,28,29)/t15-,18+,20+/m1/s1. The summed E-state index contributed by atoms with van der Waals surface area (Å²) in [4.78, 5) is 32.8. The number of benzene rings is 1. The molecule has 3 atom stereocenters. The lowest BCUT2D eigenvalue weighted by Crippen LogP contribution is -2.57. The second-order valence-electron chi connectivity index (χ2n) is 8.23. The number of carbonyl (C=O) groups is 2. The fourth-order valence-electron chi connectivity index (χ4n) is 4.01. The van der Waals surface area contributed by atoms with E-state index in [1.165, 1.54) is 0 Å². The van der Waals surface area contributed by atoms with E-state index in [2.05, 4.69) is 16.0 Å². The Morgan fingerprint density at radius 3 is 2.62 bits per heavy atom. The number of piperazine rings is 1. The molecular weight excluding hydrogens is 370 g/mol. The minimum Gasteiger partial charge on any atom is -0.479 e. The third-order valence-corrected chi connectivity index (χ3v) is 5.53. The summed E-state index contributed by atoms with van der Waals surface area (Å²) in [5.74, 6) is -2.45. The molecule has 0 spiro atoms. The molecule has 7 nitrogen and oxygen atoms in total. The van der Waals surface area contributed by atoms with Crippen molar-refractivity contribution in [2.24, 2.45) is 11.8 Å². The minimum absolute atomic E-state index is 0.0987. The first-order valence-electron chi connectivity index (χ1n) is 10.1. The molecule has 1 aromatic carbocycles. The highest BCUT2D eigenvalue weighted by Crippen LogP contribution is 2.25. The molecule has 7 heteroatoms. The van der Waals surface area contributed by atoms with Gasteiger partial charge in [0.05, 0.1) is 23.3 Å². The summed E-state index contributed by atoms with van der Waals surface area (Å²) in [6.07, 6.45) is 0.510. The Balaban J connectivity index is 1.73. The summed E-state index contributed by atoms with van der Waals surface area (Å²) < 4.78 is 0. The molecule has 1 amide bonds. The SMILES string of the molecule is CC(C)C[C@H](C(=O)N1CCN(c2cnc3ccccc3c2)C[C@H]1C)[C@H](O)C(=O)O. The van der Waals surface area contributed by atoms with E-state index in [4.69, 9.17) is 0 Å². The molecule has 1 aliphatic heterocycles. The number of anilines is 1. The Kier molecular flexibility index (Phi) is 6.37. The Morgan fingerprint density at radius 1 is 1.24 bits per heavy atom. The number of amides is 1. The number of carboxylic acid groups (broad SMARTS) is 1. The quantitative estimate of drug-likeness (QED) is 0.775. The largest absolute Gasteiger partial charge is 0.479 e. The predicted octanol–water partition coefficient (Wildman–Crippen LogP) is 2.38. The number of nitrogens with zero attached hydrogens (tertiary/aromatic N) is 3. The Bertz CT molecular complexity index is 885. The highest BCUT2D eigenvalue weighted by Gasteiger charge is 2.38. The molecule has 156 valence electrons. The number of aliphatic hydroxyl groups is 1. The van der Waals surface area contributed by atoms with Crippen molar-refractivity contribution in [1.29, 1.82) is 0 Å². The van der Waals surface area contributed by atoms with Gasteiger partial charge in [-0.15, -0.1) is 0 Å². The second-order valence-corrected chi connectivity index (χ2v) is 8.23. The molecule has 0 radical (unpaired) electrons. The molecule has 2 heterocycles. The summed E-state index contributed by atoms with van der Waals surface area (Å²) >= 11 is 0. The molecule has 2 N–H and O–H groups in total. The summed E-state index contributed by atoms with van der Waals surface area (Å²) in [5.41, 5.74) is 1.95. The van der Waals surface area contributed by atoms with Gasteiger partial charge in [0.2, 0.25) is 5.91 Å². The van der Waals surface area contributed by atoms with Gasteiger partial charge in [-0.1, -0.05) is 32.0 Å². The van der Waals surface area contributed by atoms with Crippen LogP contribution in [0.3, 0.4) is 0 Å². The van der Waals surface area contributed by atoms with Crippen LogP contribution in [0, 0.1) is 11.8 Å². The fourth-order valence-corrected chi connectivity index (χ4v) is 4.01. The fraction of sp³-hybridized carbons (Fsp3) is 0.500. The van der Waals surface area contributed by atoms with Crippen LogP contribution in [0.4, 0.5) is 5.69 Å². The number of rotatable bonds is 6. The van der Waals surface area contributed by atoms with E-state index in [9.17, 15) is 19.8 Å². The molecular formula is C22H29N3O4. The van der Waals surface area contributed by atoms with Crippen LogP contribution in [-0.2, 0) is 9.59 Å². The van der Waals surface area contributed by atoms with Crippen molar-refractivity contribution in [2.45, 2.75) is 39.3 Å². The van der Waals surface area contributed by atoms with E-state index in [0.29, 0.717) is 26.1 Å². The van der Waals surface area contributed by atoms with Gasteiger partial charge in [0.15, 0.2) is 6.10 Å². The molecule has 1 saturated heterocycles. The molecule has 29 heavy (non-hydrogen) atoms. The number of carboxylic acids is 1. The van der Waals surface area contributed by atoms with Crippen LogP contribution in [0.1, 0.15) is 27.2 Å². The van der Waals surface area contributed by atoms with Gasteiger partial charge in [0, 0.05) is 31.1 Å². The predicted molar refractivity (Wildman–Crippen MR) is 112 cm³/mol. The van der Waals surface area contributed by atoms with Crippen molar-refractivity contribution < 1.29 is 19.8 Å². The van der Waals surface area contributed by atoms with Gasteiger partial charge in [-0.3, -0.25) is 9.78 Å². The number of para-hydroxylation sites is 1. The number of hydrogen-bond donors (Lipinski definition) is 2. The zero-order chi connectivity index (χ0) is 21.1. The highest BCUT2D eigenvalue weighted by atomic mass is 16.4. The zero-order valence-corrected chi connectivity index (χ0v) is 17.2. The minimum atomic E-state index is -1.68. The summed E-state index contributed by atoms with van der Waals surface area (Å²) in [6, 6.07) is 9.94. The average Bonchev–Trinajstić information content (AvgIpc) is 2.70. The summed E-state index contributed by atoms with van der Waals surface area (Å²) in [6.45, 7) is 7.54. The van der Waals surface area contributed by atoms with E-state index < -0.39 is 18.0 Å². The maximum absolute atomic E-state index is 13.1. The smallest absolute Gasteiger partial charge is 0.333 e. The number of aromatic nitrogens is 1. The van der Waals surface area contributed by atoms with Gasteiger partial charge >= 0.3 is 5.97 Å². The van der Waals surface area contributed by atoms with Gasteiger partial charge in [0.1, 0.15) is 0 Å². The molecule has 0 unspecified atom stereocenters. The van der Waals surface area contributed by atoms with Crippen LogP contribution in [-0.4, -0.2) is 63.8 Å². The Morgan fingerprint density at radius 2 is 1.97 bits per heavy atom. The van der Waals surface area contributed by atoms with Crippen molar-refractivity contribution in [3.05, 3.63) is 36.5 Å². The van der Waals surface area contributed by atoms with Gasteiger partial charge in [-0.25, -0.2) is 4.79 Å². The van der Waals surface area contributed by atoms with Crippen molar-refractivity contribution in [3.8, 4) is 0 Å². The second kappa shape index (κ2) is 8.78. The number of aliphatic carboxylic acids is 1. The van der Waals surface area contributed by atoms with E-state index in [1.54, 1.807) is 4.90 Å². The normalized spacial score (nSPS) is 19.4. The number of hydrogen-bond acceptors (Lipinski definition) is 5. The number of fused-ring (bicyclic) bond motifs is 1. The lowest BCUT2D eigenvalue weighted by molar-refractivity contribution is -0.158. The number of pyridine rings is 1. The average molecular weight is 399 g/mol. The van der Waals surface area contributed by atoms with Gasteiger partial charge in [-0.05, 0) is 31.4 Å². The molecule has 0 aliphatic carbocycles. The highest BCUT2D eigenvalue weighted by molar-refractivity contribution is 5.86. The Hall–Kier alpha value is -2.67. The van der Waals surface area contributed by atoms with Crippen molar-refractivity contribution in [3.63, 3.8) is 0 Å². The Labute approximate surface area is 171 Å². The maximum atomic E-state index is 13.1. The first-order valence-corrected chi connectivity index (χ1v) is 10.1. The van der Waals surface area contributed by atoms with E-state index >= 15 is 0 Å². The van der Waals surface area contributed by atoms with Gasteiger partial charge in [0.25, 0.3) is 0 Å². The van der Waals surface area contributed by atoms with Crippen molar-refractivity contribution >= 4 is 28.5 Å². The van der Waals surface area contributed by atoms with E-state index in [1.807, 2.05) is 51.2 Å². The monoisotopic (exact) mass is 399 g/mol. The molecule has 2 aromatic rings. The third-order valence-electron chi connectivity index (χ3n) is 5.53. The molecule has 3 rings (SSSR count). The van der Waals surface area contributed by atoms with Crippen LogP contribution in [0.15, 0.2) is 36.5 Å². The molecule has 1 fully saturated rings. The first-order chi connectivity index (χ1) is 13.8. The van der Waals surface area contributed by atoms with Crippen LogP contribution in [0.2, 0.25) is 0 Å². The van der Waals surface area contributed by atoms with E-state index in [-0.39, 0.29) is 17.9 Å². The van der Waals surface area contributed by atoms with Crippen molar-refractivity contribution in [1.82, 2.24) is 9.88 Å². The molecule has 0 saturated carbocycles. The summed E-state index contributed by atoms with van der Waals surface area (Å²) in [7, 11) is 0. The van der Waals surface area contributed by atoms with Gasteiger partial charge < -0.3 is 20.0 Å². The van der Waals surface area contributed by atoms with Crippen LogP contribution >= 0.6 is 0 Å². The lowest BCUT2D eigenvalue weighted by atomic mass is 9.90. The van der Waals surface area contributed by atoms with Crippen LogP contribution in [0.5, 0.6) is 0 Å². The molecule has 1 aliphatic rings. The van der Waals surface area contributed by atoms with Gasteiger partial charge in [-0.2, -0.15) is 0 Å². The molecule has 0 bridgehead atoms. The first kappa shape index (κ1) is 21.0. The molecule has 1 aromatic heterocycles. The zero-order valence-electron chi connectivity index (χ0n) is 17.2. The topological polar surface area (TPSA) is 94.0 Å². The van der Waals surface area contributed by atoms with Crippen LogP contribution < -0.4 is 4.90 Å². The lowest BCUT2D eigenvalue weighted by Gasteiger charge is -2.42. The number of carbonyl (C=O) groups excluding carboxylic acids is 1. The third kappa shape index (κ3) is 4.67. The van der Waals surface area contributed by atoms with Crippen molar-refractivity contribution in [2.75, 3.05) is 24.5 Å². The maximum Gasteiger partial charge on any atom is 0.333 e. The summed E-state index contributed by atoms with van der Waals surface area (Å²) in [5, 5.41) is 20.4. The number of aliphatic hydroxyl groups excluding tert-OH is 1.